The van der Waals surface area contributed by atoms with Gasteiger partial charge in [-0.3, -0.25) is 0 Å². The second-order valence-corrected chi connectivity index (χ2v) is 3.23. The number of rotatable bonds is 4. The normalized spacial score (nSPS) is 10.4. The largest absolute Gasteiger partial charge is 0.475 e. The van der Waals surface area contributed by atoms with E-state index < -0.39 is 0 Å². The number of hydrogen-bond donors (Lipinski definition) is 0. The van der Waals surface area contributed by atoms with Crippen LogP contribution in [0.4, 0.5) is 0 Å². The van der Waals surface area contributed by atoms with Crippen molar-refractivity contribution < 1.29 is 9.47 Å². The van der Waals surface area contributed by atoms with Gasteiger partial charge in [0.2, 0.25) is 5.88 Å². The second-order valence-electron chi connectivity index (χ2n) is 3.23. The summed E-state index contributed by atoms with van der Waals surface area (Å²) in [7, 11) is 0. The lowest BCUT2D eigenvalue weighted by molar-refractivity contribution is 0.225. The van der Waals surface area contributed by atoms with E-state index >= 15 is 0 Å². The molecule has 1 aromatic rings. The molecular formula is C10H16N2O2. The van der Waals surface area contributed by atoms with Crippen LogP contribution in [-0.2, 0) is 0 Å². The average molecular weight is 196 g/mol. The Balaban J connectivity index is 2.83. The Bertz CT molecular complexity index is 300. The van der Waals surface area contributed by atoms with E-state index in [9.17, 15) is 0 Å². The fourth-order valence-electron chi connectivity index (χ4n) is 1.01. The third-order valence-corrected chi connectivity index (χ3v) is 1.44. The zero-order valence-electron chi connectivity index (χ0n) is 9.07. The Morgan fingerprint density at radius 3 is 2.64 bits per heavy atom. The molecular weight excluding hydrogens is 180 g/mol. The average Bonchev–Trinajstić information content (AvgIpc) is 2.01. The van der Waals surface area contributed by atoms with Crippen LogP contribution < -0.4 is 9.47 Å². The molecule has 14 heavy (non-hydrogen) atoms. The van der Waals surface area contributed by atoms with Crippen molar-refractivity contribution in [2.75, 3.05) is 6.61 Å². The maximum absolute atomic E-state index is 5.45. The maximum atomic E-state index is 5.45. The fourth-order valence-corrected chi connectivity index (χ4v) is 1.01. The van der Waals surface area contributed by atoms with Gasteiger partial charge in [-0.15, -0.1) is 0 Å². The molecule has 1 rings (SSSR count). The van der Waals surface area contributed by atoms with Crippen molar-refractivity contribution in [2.24, 2.45) is 0 Å². The smallest absolute Gasteiger partial charge is 0.319 e. The van der Waals surface area contributed by atoms with Crippen molar-refractivity contribution in [3.8, 4) is 11.9 Å². The summed E-state index contributed by atoms with van der Waals surface area (Å²) in [4.78, 5) is 8.23. The summed E-state index contributed by atoms with van der Waals surface area (Å²) in [6, 6.07) is 2.17. The molecule has 0 N–H and O–H groups in total. The quantitative estimate of drug-likeness (QED) is 0.738. The van der Waals surface area contributed by atoms with Crippen LogP contribution in [0.2, 0.25) is 0 Å². The molecule has 0 fully saturated rings. The molecule has 0 aliphatic carbocycles. The van der Waals surface area contributed by atoms with Gasteiger partial charge >= 0.3 is 6.01 Å². The first kappa shape index (κ1) is 10.8. The number of hydrogen-bond acceptors (Lipinski definition) is 4. The molecule has 78 valence electrons. The van der Waals surface area contributed by atoms with Gasteiger partial charge in [0.25, 0.3) is 0 Å². The third kappa shape index (κ3) is 3.20. The zero-order chi connectivity index (χ0) is 10.6. The highest BCUT2D eigenvalue weighted by molar-refractivity contribution is 5.17. The van der Waals surface area contributed by atoms with Crippen LogP contribution >= 0.6 is 0 Å². The van der Waals surface area contributed by atoms with E-state index in [2.05, 4.69) is 9.97 Å². The Kier molecular flexibility index (Phi) is 3.68. The first-order chi connectivity index (χ1) is 6.61. The Morgan fingerprint density at radius 1 is 1.36 bits per heavy atom. The molecule has 1 aromatic heterocycles. The lowest BCUT2D eigenvalue weighted by Gasteiger charge is -2.10. The summed E-state index contributed by atoms with van der Waals surface area (Å²) >= 11 is 0. The first-order valence-corrected chi connectivity index (χ1v) is 4.77. The highest BCUT2D eigenvalue weighted by Crippen LogP contribution is 2.14. The zero-order valence-corrected chi connectivity index (χ0v) is 9.07. The van der Waals surface area contributed by atoms with Crippen molar-refractivity contribution in [3.05, 3.63) is 11.8 Å². The molecule has 0 aliphatic rings. The summed E-state index contributed by atoms with van der Waals surface area (Å²) in [6.45, 7) is 8.26. The van der Waals surface area contributed by atoms with Gasteiger partial charge in [0, 0.05) is 11.8 Å². The predicted molar refractivity (Wildman–Crippen MR) is 53.7 cm³/mol. The minimum absolute atomic E-state index is 0.110. The Hall–Kier alpha value is -1.32. The van der Waals surface area contributed by atoms with Crippen LogP contribution in [0.5, 0.6) is 11.9 Å². The van der Waals surface area contributed by atoms with Crippen molar-refractivity contribution in [1.29, 1.82) is 0 Å². The van der Waals surface area contributed by atoms with Crippen molar-refractivity contribution in [3.63, 3.8) is 0 Å². The monoisotopic (exact) mass is 196 g/mol. The second kappa shape index (κ2) is 4.79. The lowest BCUT2D eigenvalue weighted by atomic mass is 10.4. The highest BCUT2D eigenvalue weighted by Gasteiger charge is 2.04. The molecule has 1 heterocycles. The summed E-state index contributed by atoms with van der Waals surface area (Å²) < 4.78 is 10.7. The van der Waals surface area contributed by atoms with E-state index in [1.165, 1.54) is 0 Å². The van der Waals surface area contributed by atoms with Gasteiger partial charge in [-0.25, -0.2) is 4.98 Å². The minimum Gasteiger partial charge on any atom is -0.475 e. The summed E-state index contributed by atoms with van der Waals surface area (Å²) in [5, 5.41) is 0. The SMILES string of the molecule is CCOc1nc(C)cc(OC(C)C)n1. The van der Waals surface area contributed by atoms with Gasteiger partial charge in [-0.2, -0.15) is 4.98 Å². The molecule has 4 nitrogen and oxygen atoms in total. The van der Waals surface area contributed by atoms with Crippen LogP contribution in [0.15, 0.2) is 6.07 Å². The molecule has 0 aliphatic heterocycles. The molecule has 4 heteroatoms. The van der Waals surface area contributed by atoms with E-state index in [-0.39, 0.29) is 6.10 Å². The van der Waals surface area contributed by atoms with E-state index in [0.29, 0.717) is 18.5 Å². The summed E-state index contributed by atoms with van der Waals surface area (Å²) in [5.74, 6) is 0.566. The van der Waals surface area contributed by atoms with Gasteiger partial charge in [-0.1, -0.05) is 0 Å². The molecule has 0 saturated heterocycles. The first-order valence-electron chi connectivity index (χ1n) is 4.77. The molecule has 0 amide bonds. The van der Waals surface area contributed by atoms with Crippen LogP contribution in [0.3, 0.4) is 0 Å². The Morgan fingerprint density at radius 2 is 2.07 bits per heavy atom. The standard InChI is InChI=1S/C10H16N2O2/c1-5-13-10-11-8(4)6-9(12-10)14-7(2)3/h6-7H,5H2,1-4H3. The van der Waals surface area contributed by atoms with Crippen LogP contribution in [0.25, 0.3) is 0 Å². The molecule has 0 spiro atoms. The summed E-state index contributed by atoms with van der Waals surface area (Å²) in [6.07, 6.45) is 0.110. The van der Waals surface area contributed by atoms with Gasteiger partial charge < -0.3 is 9.47 Å². The van der Waals surface area contributed by atoms with Gasteiger partial charge in [-0.05, 0) is 27.7 Å². The van der Waals surface area contributed by atoms with Gasteiger partial charge in [0.15, 0.2) is 0 Å². The van der Waals surface area contributed by atoms with Crippen LogP contribution in [-0.4, -0.2) is 22.7 Å². The third-order valence-electron chi connectivity index (χ3n) is 1.44. The molecule has 0 aromatic carbocycles. The van der Waals surface area contributed by atoms with Gasteiger partial charge in [0.1, 0.15) is 0 Å². The van der Waals surface area contributed by atoms with Crippen molar-refractivity contribution in [1.82, 2.24) is 9.97 Å². The molecule has 0 saturated carbocycles. The number of nitrogens with zero attached hydrogens (tertiary/aromatic N) is 2. The van der Waals surface area contributed by atoms with Gasteiger partial charge in [0.05, 0.1) is 12.7 Å². The fraction of sp³-hybridized carbons (Fsp3) is 0.600. The van der Waals surface area contributed by atoms with E-state index in [1.807, 2.05) is 27.7 Å². The van der Waals surface area contributed by atoms with E-state index in [0.717, 1.165) is 5.69 Å². The molecule has 0 bridgehead atoms. The maximum Gasteiger partial charge on any atom is 0.319 e. The van der Waals surface area contributed by atoms with E-state index in [4.69, 9.17) is 9.47 Å². The topological polar surface area (TPSA) is 44.2 Å². The predicted octanol–water partition coefficient (Wildman–Crippen LogP) is 1.97. The number of ether oxygens (including phenoxy) is 2. The summed E-state index contributed by atoms with van der Waals surface area (Å²) in [5.41, 5.74) is 0.846. The van der Waals surface area contributed by atoms with Crippen LogP contribution in [0, 0.1) is 6.92 Å². The van der Waals surface area contributed by atoms with Crippen LogP contribution in [0.1, 0.15) is 26.5 Å². The molecule has 0 atom stereocenters. The van der Waals surface area contributed by atoms with Crippen molar-refractivity contribution in [2.45, 2.75) is 33.8 Å². The Labute approximate surface area is 84.3 Å². The van der Waals surface area contributed by atoms with Crippen molar-refractivity contribution >= 4 is 0 Å². The number of aromatic nitrogens is 2. The number of aryl methyl sites for hydroxylation is 1. The highest BCUT2D eigenvalue weighted by atomic mass is 16.5. The lowest BCUT2D eigenvalue weighted by Crippen LogP contribution is -2.08. The minimum atomic E-state index is 0.110. The molecule has 0 radical (unpaired) electrons. The van der Waals surface area contributed by atoms with E-state index in [1.54, 1.807) is 6.07 Å². The molecule has 0 unspecified atom stereocenters.